The van der Waals surface area contributed by atoms with Crippen LogP contribution in [0.5, 0.6) is 0 Å². The van der Waals surface area contributed by atoms with E-state index < -0.39 is 12.1 Å². The topological polar surface area (TPSA) is 95.9 Å². The maximum Gasteiger partial charge on any atom is 0.305 e. The Bertz CT molecular complexity index is 1280. The molecule has 6 nitrogen and oxygen atoms in total. The largest absolute Gasteiger partial charge is 0.466 e. The van der Waals surface area contributed by atoms with Gasteiger partial charge in [0.1, 0.15) is 0 Å². The third-order valence-electron chi connectivity index (χ3n) is 17.7. The van der Waals surface area contributed by atoms with Crippen molar-refractivity contribution in [1.29, 1.82) is 0 Å². The van der Waals surface area contributed by atoms with E-state index in [1.54, 1.807) is 0 Å². The average molecular weight is 1160 g/mol. The van der Waals surface area contributed by atoms with E-state index >= 15 is 0 Å². The summed E-state index contributed by atoms with van der Waals surface area (Å²) < 4.78 is 5.51. The van der Waals surface area contributed by atoms with Gasteiger partial charge in [-0.25, -0.2) is 0 Å². The van der Waals surface area contributed by atoms with Crippen LogP contribution in [0.25, 0.3) is 0 Å². The fourth-order valence-electron chi connectivity index (χ4n) is 12.0. The summed E-state index contributed by atoms with van der Waals surface area (Å²) in [4.78, 5) is 24.7. The van der Waals surface area contributed by atoms with Crippen molar-refractivity contribution in [3.63, 3.8) is 0 Å². The fourth-order valence-corrected chi connectivity index (χ4v) is 12.0. The van der Waals surface area contributed by atoms with Crippen molar-refractivity contribution in [3.8, 4) is 0 Å². The van der Waals surface area contributed by atoms with E-state index in [-0.39, 0.29) is 18.5 Å². The SMILES string of the molecule is CCCCCCCCC/C=C\CCCCCCCCCC(=O)OCCCCCCCCCCCCCC/C=C\CCCCCCCCCCCCCCC(=O)NC(CO)C(O)CCCCCCCCCCCCCCCCCCCCC. The van der Waals surface area contributed by atoms with Gasteiger partial charge in [0.15, 0.2) is 0 Å². The monoisotopic (exact) mass is 1150 g/mol. The number of carbonyl (C=O) groups is 2. The molecule has 0 aliphatic heterocycles. The molecule has 0 rings (SSSR count). The summed E-state index contributed by atoms with van der Waals surface area (Å²) in [5.41, 5.74) is 0. The Morgan fingerprint density at radius 1 is 0.329 bits per heavy atom. The van der Waals surface area contributed by atoms with Crippen LogP contribution in [-0.4, -0.2) is 47.4 Å². The molecule has 0 radical (unpaired) electrons. The molecule has 0 aliphatic rings. The summed E-state index contributed by atoms with van der Waals surface area (Å²) in [5.74, 6) is -0.0166. The fraction of sp³-hybridized carbons (Fsp3) is 0.921. The van der Waals surface area contributed by atoms with Gasteiger partial charge in [-0.2, -0.15) is 0 Å². The molecule has 486 valence electrons. The number of aliphatic hydroxyl groups excluding tert-OH is 2. The number of hydrogen-bond donors (Lipinski definition) is 3. The summed E-state index contributed by atoms with van der Waals surface area (Å²) in [6.45, 7) is 4.99. The van der Waals surface area contributed by atoms with E-state index in [4.69, 9.17) is 4.74 Å². The lowest BCUT2D eigenvalue weighted by molar-refractivity contribution is -0.143. The first-order chi connectivity index (χ1) is 40.5. The molecule has 1 amide bonds. The van der Waals surface area contributed by atoms with Gasteiger partial charge in [0, 0.05) is 12.8 Å². The first kappa shape index (κ1) is 80.3. The van der Waals surface area contributed by atoms with Crippen LogP contribution in [0.3, 0.4) is 0 Å². The Morgan fingerprint density at radius 3 is 0.866 bits per heavy atom. The van der Waals surface area contributed by atoms with Crippen LogP contribution in [0.15, 0.2) is 24.3 Å². The standard InChI is InChI=1S/C76H147NO5/c1-3-5-7-9-11-13-15-17-19-21-33-36-40-44-48-52-56-60-64-68-74(79)73(72-78)77-75(80)69-65-61-57-53-49-45-41-37-34-31-29-27-25-23-24-26-28-30-32-35-39-43-47-51-55-59-63-67-71-82-76(81)70-66-62-58-54-50-46-42-38-22-20-18-16-14-12-10-8-6-4-2/h20,22-24,73-74,78-79H,3-19,21,25-72H2,1-2H3,(H,77,80)/b22-20-,24-23-. The molecule has 0 fully saturated rings. The number of amides is 1. The highest BCUT2D eigenvalue weighted by Gasteiger charge is 2.20. The van der Waals surface area contributed by atoms with Gasteiger partial charge in [0.25, 0.3) is 0 Å². The maximum absolute atomic E-state index is 12.5. The van der Waals surface area contributed by atoms with Crippen molar-refractivity contribution in [2.75, 3.05) is 13.2 Å². The van der Waals surface area contributed by atoms with Crippen LogP contribution in [0.4, 0.5) is 0 Å². The molecule has 2 atom stereocenters. The van der Waals surface area contributed by atoms with Crippen LogP contribution in [0, 0.1) is 0 Å². The molecule has 0 aliphatic carbocycles. The van der Waals surface area contributed by atoms with Crippen LogP contribution in [0.2, 0.25) is 0 Å². The van der Waals surface area contributed by atoms with Gasteiger partial charge in [0.2, 0.25) is 5.91 Å². The molecule has 3 N–H and O–H groups in total. The number of rotatable bonds is 71. The summed E-state index contributed by atoms with van der Waals surface area (Å²) >= 11 is 0. The minimum Gasteiger partial charge on any atom is -0.466 e. The number of ether oxygens (including phenoxy) is 1. The van der Waals surface area contributed by atoms with Gasteiger partial charge < -0.3 is 20.3 Å². The van der Waals surface area contributed by atoms with E-state index in [0.29, 0.717) is 25.9 Å². The van der Waals surface area contributed by atoms with E-state index in [0.717, 1.165) is 44.9 Å². The lowest BCUT2D eigenvalue weighted by Gasteiger charge is -2.22. The van der Waals surface area contributed by atoms with Crippen LogP contribution < -0.4 is 5.32 Å². The van der Waals surface area contributed by atoms with Crippen LogP contribution >= 0.6 is 0 Å². The van der Waals surface area contributed by atoms with Gasteiger partial charge in [-0.1, -0.05) is 359 Å². The smallest absolute Gasteiger partial charge is 0.305 e. The molecule has 2 unspecified atom stereocenters. The van der Waals surface area contributed by atoms with E-state index in [2.05, 4.69) is 43.5 Å². The number of allylic oxidation sites excluding steroid dienone is 4. The Morgan fingerprint density at radius 2 is 0.573 bits per heavy atom. The second-order valence-electron chi connectivity index (χ2n) is 26.0. The van der Waals surface area contributed by atoms with E-state index in [1.165, 1.54) is 347 Å². The zero-order valence-electron chi connectivity index (χ0n) is 55.8. The molecule has 0 aromatic carbocycles. The zero-order valence-corrected chi connectivity index (χ0v) is 55.8. The van der Waals surface area contributed by atoms with Crippen LogP contribution in [0.1, 0.15) is 425 Å². The van der Waals surface area contributed by atoms with Crippen molar-refractivity contribution in [2.24, 2.45) is 0 Å². The molecule has 0 spiro atoms. The number of esters is 1. The lowest BCUT2D eigenvalue weighted by Crippen LogP contribution is -2.45. The number of hydrogen-bond acceptors (Lipinski definition) is 5. The molecule has 0 aromatic heterocycles. The minimum atomic E-state index is -0.665. The molecule has 0 saturated carbocycles. The van der Waals surface area contributed by atoms with Gasteiger partial charge in [-0.15, -0.1) is 0 Å². The van der Waals surface area contributed by atoms with E-state index in [1.807, 2.05) is 0 Å². The quantitative estimate of drug-likeness (QED) is 0.0320. The number of aliphatic hydroxyl groups is 2. The molecule has 6 heteroatoms. The Hall–Kier alpha value is -1.66. The predicted octanol–water partition coefficient (Wildman–Crippen LogP) is 24.5. The molecule has 82 heavy (non-hydrogen) atoms. The van der Waals surface area contributed by atoms with Gasteiger partial charge in [0.05, 0.1) is 25.4 Å². The first-order valence-corrected chi connectivity index (χ1v) is 37.6. The zero-order chi connectivity index (χ0) is 59.2. The molecule has 0 bridgehead atoms. The molecule has 0 aromatic rings. The summed E-state index contributed by atoms with van der Waals surface area (Å²) in [7, 11) is 0. The van der Waals surface area contributed by atoms with Gasteiger partial charge >= 0.3 is 5.97 Å². The average Bonchev–Trinajstić information content (AvgIpc) is 3.48. The highest BCUT2D eigenvalue weighted by Crippen LogP contribution is 2.19. The Labute approximate surface area is 513 Å². The summed E-state index contributed by atoms with van der Waals surface area (Å²) in [5, 5.41) is 23.4. The van der Waals surface area contributed by atoms with E-state index in [9.17, 15) is 19.8 Å². The van der Waals surface area contributed by atoms with Gasteiger partial charge in [-0.3, -0.25) is 9.59 Å². The first-order valence-electron chi connectivity index (χ1n) is 37.6. The number of unbranched alkanes of at least 4 members (excludes halogenated alkanes) is 56. The molecular weight excluding hydrogens is 1010 g/mol. The van der Waals surface area contributed by atoms with Crippen molar-refractivity contribution in [3.05, 3.63) is 24.3 Å². The number of nitrogens with one attached hydrogen (secondary N) is 1. The minimum absolute atomic E-state index is 0.0139. The highest BCUT2D eigenvalue weighted by molar-refractivity contribution is 5.76. The molecule has 0 saturated heterocycles. The predicted molar refractivity (Wildman–Crippen MR) is 361 cm³/mol. The van der Waals surface area contributed by atoms with Crippen molar-refractivity contribution >= 4 is 11.9 Å². The summed E-state index contributed by atoms with van der Waals surface area (Å²) in [6.07, 6.45) is 91.0. The lowest BCUT2D eigenvalue weighted by atomic mass is 10.0. The van der Waals surface area contributed by atoms with Crippen molar-refractivity contribution in [1.82, 2.24) is 5.32 Å². The Kier molecular flexibility index (Phi) is 70.4. The normalized spacial score (nSPS) is 12.6. The van der Waals surface area contributed by atoms with Gasteiger partial charge in [-0.05, 0) is 77.0 Å². The Balaban J connectivity index is 3.37. The molecular formula is C76H147NO5. The third-order valence-corrected chi connectivity index (χ3v) is 17.7. The summed E-state index contributed by atoms with van der Waals surface area (Å²) in [6, 6.07) is -0.542. The van der Waals surface area contributed by atoms with Crippen molar-refractivity contribution < 1.29 is 24.5 Å². The highest BCUT2D eigenvalue weighted by atomic mass is 16.5. The second kappa shape index (κ2) is 71.8. The van der Waals surface area contributed by atoms with Crippen LogP contribution in [-0.2, 0) is 14.3 Å². The maximum atomic E-state index is 12.5. The van der Waals surface area contributed by atoms with Crippen molar-refractivity contribution in [2.45, 2.75) is 437 Å². The molecule has 0 heterocycles. The number of carbonyl (C=O) groups excluding carboxylic acids is 2. The third kappa shape index (κ3) is 67.5. The second-order valence-corrected chi connectivity index (χ2v) is 26.0.